The van der Waals surface area contributed by atoms with E-state index < -0.39 is 40.9 Å². The van der Waals surface area contributed by atoms with Crippen molar-refractivity contribution in [3.8, 4) is 0 Å². The first kappa shape index (κ1) is 19.6. The van der Waals surface area contributed by atoms with E-state index >= 15 is 0 Å². The second kappa shape index (κ2) is 5.57. The minimum atomic E-state index is -7.12. The fraction of sp³-hybridized carbons (Fsp3) is 0.417. The van der Waals surface area contributed by atoms with Crippen molar-refractivity contribution in [2.24, 2.45) is 0 Å². The quantitative estimate of drug-likeness (QED) is 0.518. The number of benzene rings is 1. The number of hydrogen-bond donors (Lipinski definition) is 0. The predicted molar refractivity (Wildman–Crippen MR) is 61.4 cm³/mol. The zero-order valence-electron chi connectivity index (χ0n) is 10.9. The molecule has 1 aromatic carbocycles. The van der Waals surface area contributed by atoms with Crippen molar-refractivity contribution in [1.82, 2.24) is 0 Å². The van der Waals surface area contributed by atoms with E-state index in [9.17, 15) is 44.3 Å². The van der Waals surface area contributed by atoms with Crippen molar-refractivity contribution in [3.63, 3.8) is 0 Å². The van der Waals surface area contributed by atoms with Gasteiger partial charge in [-0.25, -0.2) is 0 Å². The van der Waals surface area contributed by atoms with E-state index in [1.165, 1.54) is 0 Å². The van der Waals surface area contributed by atoms with E-state index in [0.29, 0.717) is 6.07 Å². The average Bonchev–Trinajstić information content (AvgIpc) is 2.39. The first-order valence-electron chi connectivity index (χ1n) is 5.59. The van der Waals surface area contributed by atoms with E-state index in [4.69, 9.17) is 11.6 Å². The van der Waals surface area contributed by atoms with Gasteiger partial charge in [0.05, 0.1) is 0 Å². The maximum atomic E-state index is 13.5. The van der Waals surface area contributed by atoms with Crippen LogP contribution in [0.25, 0.3) is 0 Å². The number of Topliss-reactive ketones (excluding diaryl/α,β-unsaturated/α-hetero) is 1. The molecule has 0 unspecified atom stereocenters. The summed E-state index contributed by atoms with van der Waals surface area (Å²) in [5.41, 5.74) is -1.66. The predicted octanol–water partition coefficient (Wildman–Crippen LogP) is 5.30. The van der Waals surface area contributed by atoms with Gasteiger partial charge in [-0.05, 0) is 18.6 Å². The van der Waals surface area contributed by atoms with Crippen LogP contribution in [0.4, 0.5) is 39.5 Å². The molecule has 0 saturated heterocycles. The highest BCUT2D eigenvalue weighted by Crippen LogP contribution is 2.53. The van der Waals surface area contributed by atoms with Crippen molar-refractivity contribution >= 4 is 17.4 Å². The first-order valence-corrected chi connectivity index (χ1v) is 5.97. The number of carbonyl (C=O) groups excluding carboxylic acids is 1. The Balaban J connectivity index is 3.45. The Bertz CT molecular complexity index is 621. The molecule has 0 aliphatic carbocycles. The normalized spacial score (nSPS) is 14.0. The number of hydrogen-bond acceptors (Lipinski definition) is 1. The van der Waals surface area contributed by atoms with Gasteiger partial charge in [-0.2, -0.15) is 39.5 Å². The lowest BCUT2D eigenvalue weighted by atomic mass is 9.93. The minimum absolute atomic E-state index is 0.336. The highest BCUT2D eigenvalue weighted by atomic mass is 35.5. The second-order valence-electron chi connectivity index (χ2n) is 4.46. The fourth-order valence-electron chi connectivity index (χ4n) is 1.54. The van der Waals surface area contributed by atoms with Gasteiger partial charge in [0.15, 0.2) is 0 Å². The summed E-state index contributed by atoms with van der Waals surface area (Å²) in [4.78, 5) is 11.5. The summed E-state index contributed by atoms with van der Waals surface area (Å²) in [5.74, 6) is -23.3. The molecule has 0 aromatic heterocycles. The summed E-state index contributed by atoms with van der Waals surface area (Å²) in [6.07, 6.45) is -6.98. The van der Waals surface area contributed by atoms with Crippen LogP contribution in [0.3, 0.4) is 0 Å². The van der Waals surface area contributed by atoms with Gasteiger partial charge in [0.25, 0.3) is 0 Å². The lowest BCUT2D eigenvalue weighted by molar-refractivity contribution is -0.386. The van der Waals surface area contributed by atoms with Crippen LogP contribution in [0.5, 0.6) is 0 Å². The van der Waals surface area contributed by atoms with Crippen LogP contribution in [0.1, 0.15) is 15.9 Å². The Kier molecular flexibility index (Phi) is 4.75. The topological polar surface area (TPSA) is 17.1 Å². The van der Waals surface area contributed by atoms with Gasteiger partial charge in [-0.15, -0.1) is 0 Å². The number of alkyl halides is 9. The summed E-state index contributed by atoms with van der Waals surface area (Å²) in [6.45, 7) is 0.936. The molecule has 0 atom stereocenters. The van der Waals surface area contributed by atoms with Crippen molar-refractivity contribution < 1.29 is 44.3 Å². The molecule has 0 aliphatic heterocycles. The molecule has 0 saturated carbocycles. The standard InChI is InChI=1S/C12H6ClF9O/c1-5-6(3-2-4-7(5)13)8(23)9(14,15)10(16,17)11(18,19)12(20,21)22/h2-4H,1H3. The molecule has 0 N–H and O–H groups in total. The molecule has 0 bridgehead atoms. The third-order valence-electron chi connectivity index (χ3n) is 2.94. The monoisotopic (exact) mass is 372 g/mol. The first-order chi connectivity index (χ1) is 10.1. The molecule has 1 rings (SSSR count). The van der Waals surface area contributed by atoms with E-state index in [1.807, 2.05) is 0 Å². The molecular weight excluding hydrogens is 367 g/mol. The van der Waals surface area contributed by atoms with E-state index in [2.05, 4.69) is 0 Å². The number of rotatable bonds is 4. The summed E-state index contributed by atoms with van der Waals surface area (Å²) in [6, 6.07) is 2.51. The lowest BCUT2D eigenvalue weighted by Crippen LogP contribution is -2.63. The Morgan fingerprint density at radius 3 is 1.83 bits per heavy atom. The summed E-state index contributed by atoms with van der Waals surface area (Å²) < 4.78 is 115. The van der Waals surface area contributed by atoms with Gasteiger partial charge in [0.2, 0.25) is 5.78 Å². The molecule has 130 valence electrons. The second-order valence-corrected chi connectivity index (χ2v) is 4.87. The Morgan fingerprint density at radius 1 is 0.913 bits per heavy atom. The molecule has 0 radical (unpaired) electrons. The third-order valence-corrected chi connectivity index (χ3v) is 3.35. The van der Waals surface area contributed by atoms with Crippen molar-refractivity contribution in [2.45, 2.75) is 30.9 Å². The Labute approximate surface area is 128 Å². The van der Waals surface area contributed by atoms with Gasteiger partial charge in [0.1, 0.15) is 0 Å². The fourth-order valence-corrected chi connectivity index (χ4v) is 1.71. The SMILES string of the molecule is Cc1c(Cl)cccc1C(=O)C(F)(F)C(F)(F)C(F)(F)C(F)(F)F. The number of halogens is 10. The molecule has 0 spiro atoms. The van der Waals surface area contributed by atoms with Gasteiger partial charge in [-0.3, -0.25) is 4.79 Å². The smallest absolute Gasteiger partial charge is 0.287 e. The summed E-state index contributed by atoms with van der Waals surface area (Å²) in [5, 5.41) is -0.336. The number of carbonyl (C=O) groups is 1. The zero-order valence-corrected chi connectivity index (χ0v) is 11.7. The van der Waals surface area contributed by atoms with Crippen LogP contribution in [-0.4, -0.2) is 29.7 Å². The van der Waals surface area contributed by atoms with Crippen LogP contribution in [0, 0.1) is 6.92 Å². The van der Waals surface area contributed by atoms with Crippen LogP contribution >= 0.6 is 11.6 Å². The van der Waals surface area contributed by atoms with Crippen LogP contribution in [0.15, 0.2) is 18.2 Å². The van der Waals surface area contributed by atoms with Gasteiger partial charge >= 0.3 is 23.9 Å². The van der Waals surface area contributed by atoms with Gasteiger partial charge in [0, 0.05) is 10.6 Å². The maximum Gasteiger partial charge on any atom is 0.460 e. The van der Waals surface area contributed by atoms with Gasteiger partial charge in [-0.1, -0.05) is 23.7 Å². The minimum Gasteiger partial charge on any atom is -0.287 e. The third kappa shape index (κ3) is 2.88. The molecule has 0 amide bonds. The molecule has 0 fully saturated rings. The summed E-state index contributed by atoms with van der Waals surface area (Å²) >= 11 is 5.47. The molecular formula is C12H6ClF9O. The van der Waals surface area contributed by atoms with E-state index in [-0.39, 0.29) is 5.02 Å². The molecule has 0 aliphatic rings. The van der Waals surface area contributed by atoms with Crippen LogP contribution < -0.4 is 0 Å². The average molecular weight is 373 g/mol. The van der Waals surface area contributed by atoms with E-state index in [0.717, 1.165) is 19.1 Å². The van der Waals surface area contributed by atoms with Crippen LogP contribution in [-0.2, 0) is 0 Å². The van der Waals surface area contributed by atoms with E-state index in [1.54, 1.807) is 0 Å². The molecule has 0 heterocycles. The summed E-state index contributed by atoms with van der Waals surface area (Å²) in [7, 11) is 0. The van der Waals surface area contributed by atoms with Crippen LogP contribution in [0.2, 0.25) is 5.02 Å². The lowest BCUT2D eigenvalue weighted by Gasteiger charge is -2.33. The highest BCUT2D eigenvalue weighted by molar-refractivity contribution is 6.32. The van der Waals surface area contributed by atoms with Crippen molar-refractivity contribution in [3.05, 3.63) is 34.3 Å². The van der Waals surface area contributed by atoms with Gasteiger partial charge < -0.3 is 0 Å². The largest absolute Gasteiger partial charge is 0.460 e. The zero-order chi connectivity index (χ0) is 18.4. The molecule has 1 aromatic rings. The molecule has 11 heteroatoms. The number of ketones is 1. The maximum absolute atomic E-state index is 13.5. The highest BCUT2D eigenvalue weighted by Gasteiger charge is 2.83. The Hall–Kier alpha value is -1.45. The van der Waals surface area contributed by atoms with Crippen molar-refractivity contribution in [2.75, 3.05) is 0 Å². The Morgan fingerprint density at radius 2 is 1.39 bits per heavy atom. The molecule has 23 heavy (non-hydrogen) atoms. The van der Waals surface area contributed by atoms with Crippen molar-refractivity contribution in [1.29, 1.82) is 0 Å². The molecule has 1 nitrogen and oxygen atoms in total.